The molecule has 24 heavy (non-hydrogen) atoms. The van der Waals surface area contributed by atoms with Gasteiger partial charge in [0.25, 0.3) is 0 Å². The van der Waals surface area contributed by atoms with Gasteiger partial charge in [-0.25, -0.2) is 4.39 Å². The summed E-state index contributed by atoms with van der Waals surface area (Å²) in [5.41, 5.74) is 2.96. The van der Waals surface area contributed by atoms with E-state index < -0.39 is 6.10 Å². The van der Waals surface area contributed by atoms with Crippen molar-refractivity contribution in [2.75, 3.05) is 0 Å². The Bertz CT molecular complexity index is 776. The predicted octanol–water partition coefficient (Wildman–Crippen LogP) is 3.40. The average molecular weight is 326 g/mol. The second-order valence-electron chi connectivity index (χ2n) is 5.89. The van der Waals surface area contributed by atoms with Crippen LogP contribution < -0.4 is 5.32 Å². The van der Waals surface area contributed by atoms with E-state index in [1.165, 1.54) is 12.1 Å². The Kier molecular flexibility index (Phi) is 5.08. The van der Waals surface area contributed by atoms with E-state index in [2.05, 4.69) is 5.32 Å². The maximum Gasteiger partial charge on any atom is 0.158 e. The summed E-state index contributed by atoms with van der Waals surface area (Å²) >= 11 is 0. The fourth-order valence-corrected chi connectivity index (χ4v) is 2.57. The van der Waals surface area contributed by atoms with Gasteiger partial charge in [0.2, 0.25) is 0 Å². The first kappa shape index (κ1) is 16.4. The fourth-order valence-electron chi connectivity index (χ4n) is 2.57. The van der Waals surface area contributed by atoms with Crippen LogP contribution in [0.15, 0.2) is 65.1 Å². The highest BCUT2D eigenvalue weighted by Crippen LogP contribution is 2.23. The number of furan rings is 1. The van der Waals surface area contributed by atoms with Crippen LogP contribution in [0.1, 0.15) is 29.9 Å². The van der Waals surface area contributed by atoms with E-state index in [1.54, 1.807) is 19.1 Å². The molecule has 1 atom stereocenters. The Morgan fingerprint density at radius 2 is 1.67 bits per heavy atom. The van der Waals surface area contributed by atoms with Crippen LogP contribution in [0, 0.1) is 5.82 Å². The van der Waals surface area contributed by atoms with Gasteiger partial charge in [-0.2, -0.15) is 0 Å². The number of aliphatic hydroxyl groups is 1. The molecule has 0 aliphatic heterocycles. The van der Waals surface area contributed by atoms with Crippen LogP contribution in [0.5, 0.6) is 0 Å². The summed E-state index contributed by atoms with van der Waals surface area (Å²) < 4.78 is 18.7. The predicted molar refractivity (Wildman–Crippen MR) is 90.5 cm³/mol. The van der Waals surface area contributed by atoms with Crippen molar-refractivity contribution in [1.29, 1.82) is 0 Å². The lowest BCUT2D eigenvalue weighted by molar-refractivity contribution is -0.687. The summed E-state index contributed by atoms with van der Waals surface area (Å²) in [5, 5.41) is 11.7. The van der Waals surface area contributed by atoms with Crippen LogP contribution in [0.25, 0.3) is 11.3 Å². The summed E-state index contributed by atoms with van der Waals surface area (Å²) in [6.07, 6.45) is -0.465. The van der Waals surface area contributed by atoms with Gasteiger partial charge in [0.05, 0.1) is 6.10 Å². The van der Waals surface area contributed by atoms with E-state index in [9.17, 15) is 9.50 Å². The Morgan fingerprint density at radius 3 is 2.33 bits per heavy atom. The number of hydrogen-bond acceptors (Lipinski definition) is 2. The van der Waals surface area contributed by atoms with E-state index in [1.807, 2.05) is 36.4 Å². The van der Waals surface area contributed by atoms with Crippen molar-refractivity contribution in [2.45, 2.75) is 26.1 Å². The largest absolute Gasteiger partial charge is 0.455 e. The van der Waals surface area contributed by atoms with Gasteiger partial charge < -0.3 is 14.8 Å². The minimum absolute atomic E-state index is 0.212. The first-order chi connectivity index (χ1) is 11.6. The molecule has 1 aromatic heterocycles. The number of quaternary nitrogens is 1. The molecule has 0 saturated heterocycles. The van der Waals surface area contributed by atoms with E-state index in [0.717, 1.165) is 41.3 Å². The van der Waals surface area contributed by atoms with Gasteiger partial charge >= 0.3 is 0 Å². The monoisotopic (exact) mass is 326 g/mol. The molecule has 0 aliphatic rings. The molecular weight excluding hydrogens is 305 g/mol. The van der Waals surface area contributed by atoms with Crippen LogP contribution in [-0.4, -0.2) is 5.11 Å². The van der Waals surface area contributed by atoms with Crippen molar-refractivity contribution in [3.05, 3.63) is 83.4 Å². The maximum atomic E-state index is 12.9. The lowest BCUT2D eigenvalue weighted by Gasteiger charge is -2.05. The lowest BCUT2D eigenvalue weighted by Crippen LogP contribution is -2.80. The first-order valence-electron chi connectivity index (χ1n) is 8.05. The number of benzene rings is 2. The molecule has 124 valence electrons. The molecule has 1 heterocycles. The van der Waals surface area contributed by atoms with Gasteiger partial charge in [0.15, 0.2) is 5.76 Å². The number of hydrogen-bond donors (Lipinski definition) is 2. The quantitative estimate of drug-likeness (QED) is 0.729. The first-order valence-corrected chi connectivity index (χ1v) is 8.05. The summed E-state index contributed by atoms with van der Waals surface area (Å²) in [4.78, 5) is 0. The van der Waals surface area contributed by atoms with Gasteiger partial charge in [-0.05, 0) is 36.8 Å². The van der Waals surface area contributed by atoms with Gasteiger partial charge in [-0.3, -0.25) is 0 Å². The molecule has 0 saturated carbocycles. The van der Waals surface area contributed by atoms with Crippen molar-refractivity contribution in [1.82, 2.24) is 0 Å². The Balaban J connectivity index is 1.58. The van der Waals surface area contributed by atoms with Gasteiger partial charge in [0, 0.05) is 11.1 Å². The zero-order chi connectivity index (χ0) is 16.9. The van der Waals surface area contributed by atoms with Crippen LogP contribution in [0.3, 0.4) is 0 Å². The molecule has 3 N–H and O–H groups in total. The molecule has 0 spiro atoms. The zero-order valence-corrected chi connectivity index (χ0v) is 13.6. The van der Waals surface area contributed by atoms with Crippen LogP contribution in [-0.2, 0) is 13.1 Å². The smallest absolute Gasteiger partial charge is 0.158 e. The zero-order valence-electron chi connectivity index (χ0n) is 13.6. The third kappa shape index (κ3) is 4.10. The number of rotatable bonds is 6. The molecule has 0 unspecified atom stereocenters. The molecule has 0 radical (unpaired) electrons. The topological polar surface area (TPSA) is 50.0 Å². The van der Waals surface area contributed by atoms with Crippen LogP contribution >= 0.6 is 0 Å². The number of aliphatic hydroxyl groups excluding tert-OH is 1. The Morgan fingerprint density at radius 1 is 0.958 bits per heavy atom. The summed E-state index contributed by atoms with van der Waals surface area (Å²) in [6.45, 7) is 3.25. The SMILES string of the molecule is C[C@@H](O)c1ccc(-c2ccc(C[NH2+]Cc3ccc(F)cc3)o2)cc1. The molecule has 0 bridgehead atoms. The average Bonchev–Trinajstić information content (AvgIpc) is 3.06. The Hall–Kier alpha value is -2.43. The van der Waals surface area contributed by atoms with E-state index in [0.29, 0.717) is 0 Å². The minimum Gasteiger partial charge on any atom is -0.455 e. The molecule has 0 fully saturated rings. The van der Waals surface area contributed by atoms with E-state index in [4.69, 9.17) is 4.42 Å². The van der Waals surface area contributed by atoms with E-state index in [-0.39, 0.29) is 5.82 Å². The van der Waals surface area contributed by atoms with Crippen molar-refractivity contribution >= 4 is 0 Å². The molecule has 4 heteroatoms. The summed E-state index contributed by atoms with van der Waals surface area (Å²) in [7, 11) is 0. The third-order valence-corrected chi connectivity index (χ3v) is 3.98. The normalized spacial score (nSPS) is 12.3. The second kappa shape index (κ2) is 7.43. The van der Waals surface area contributed by atoms with Gasteiger partial charge in [-0.1, -0.05) is 36.4 Å². The fraction of sp³-hybridized carbons (Fsp3) is 0.200. The number of nitrogens with two attached hydrogens (primary N) is 1. The Labute approximate surface area is 140 Å². The minimum atomic E-state index is -0.465. The van der Waals surface area contributed by atoms with Crippen molar-refractivity contribution < 1.29 is 19.2 Å². The third-order valence-electron chi connectivity index (χ3n) is 3.98. The van der Waals surface area contributed by atoms with Crippen molar-refractivity contribution in [2.24, 2.45) is 0 Å². The van der Waals surface area contributed by atoms with Crippen LogP contribution in [0.2, 0.25) is 0 Å². The molecule has 3 aromatic rings. The van der Waals surface area contributed by atoms with Crippen molar-refractivity contribution in [3.8, 4) is 11.3 Å². The highest BCUT2D eigenvalue weighted by molar-refractivity contribution is 5.58. The van der Waals surface area contributed by atoms with Gasteiger partial charge in [0.1, 0.15) is 24.7 Å². The molecular formula is C20H21FNO2+. The number of halogens is 1. The van der Waals surface area contributed by atoms with Gasteiger partial charge in [-0.15, -0.1) is 0 Å². The summed E-state index contributed by atoms with van der Waals surface area (Å²) in [5.74, 6) is 1.50. The lowest BCUT2D eigenvalue weighted by atomic mass is 10.1. The van der Waals surface area contributed by atoms with E-state index >= 15 is 0 Å². The summed E-state index contributed by atoms with van der Waals surface area (Å²) in [6, 6.07) is 18.2. The molecule has 0 aliphatic carbocycles. The molecule has 0 amide bonds. The second-order valence-corrected chi connectivity index (χ2v) is 5.89. The molecule has 3 nitrogen and oxygen atoms in total. The standard InChI is InChI=1S/C20H20FNO2/c1-14(23)16-4-6-17(7-5-16)20-11-10-19(24-20)13-22-12-15-2-8-18(21)9-3-15/h2-11,14,22-23H,12-13H2,1H3/p+1/t14-/m1/s1. The highest BCUT2D eigenvalue weighted by atomic mass is 19.1. The maximum absolute atomic E-state index is 12.9. The van der Waals surface area contributed by atoms with Crippen molar-refractivity contribution in [3.63, 3.8) is 0 Å². The molecule has 3 rings (SSSR count). The molecule has 2 aromatic carbocycles. The highest BCUT2D eigenvalue weighted by Gasteiger charge is 2.07. The van der Waals surface area contributed by atoms with Crippen LogP contribution in [0.4, 0.5) is 4.39 Å².